The van der Waals surface area contributed by atoms with Gasteiger partial charge in [0.05, 0.1) is 19.1 Å². The predicted octanol–water partition coefficient (Wildman–Crippen LogP) is 4.60. The SMILES string of the molecule is CC(C)(C)OC(=O)N1CCCN(C(c2ccc(Cn3cccn3)cc2)c2nncn2Cc2ccccc2)CC1. The summed E-state index contributed by atoms with van der Waals surface area (Å²) in [5.41, 5.74) is 3.00. The average Bonchev–Trinajstić information content (AvgIpc) is 3.52. The van der Waals surface area contributed by atoms with Crippen LogP contribution < -0.4 is 0 Å². The van der Waals surface area contributed by atoms with E-state index in [1.807, 2.05) is 55.0 Å². The summed E-state index contributed by atoms with van der Waals surface area (Å²) in [6.45, 7) is 9.91. The van der Waals surface area contributed by atoms with E-state index in [2.05, 4.69) is 73.3 Å². The van der Waals surface area contributed by atoms with Gasteiger partial charge in [0.2, 0.25) is 0 Å². The maximum atomic E-state index is 12.8. The van der Waals surface area contributed by atoms with E-state index < -0.39 is 5.60 Å². The fraction of sp³-hybridized carbons (Fsp3) is 0.400. The molecule has 0 aliphatic carbocycles. The van der Waals surface area contributed by atoms with Crippen LogP contribution in [0.3, 0.4) is 0 Å². The second kappa shape index (κ2) is 11.8. The van der Waals surface area contributed by atoms with Crippen LogP contribution >= 0.6 is 0 Å². The molecule has 3 heterocycles. The molecule has 1 aliphatic rings. The molecule has 1 atom stereocenters. The Bertz CT molecular complexity index is 1330. The van der Waals surface area contributed by atoms with Gasteiger partial charge in [0.15, 0.2) is 5.82 Å². The molecule has 204 valence electrons. The molecule has 1 aliphatic heterocycles. The largest absolute Gasteiger partial charge is 0.444 e. The summed E-state index contributed by atoms with van der Waals surface area (Å²) in [5.74, 6) is 0.893. The molecule has 0 bridgehead atoms. The van der Waals surface area contributed by atoms with Gasteiger partial charge in [-0.2, -0.15) is 5.10 Å². The Balaban J connectivity index is 1.42. The minimum Gasteiger partial charge on any atom is -0.444 e. The molecule has 2 aromatic carbocycles. The van der Waals surface area contributed by atoms with Gasteiger partial charge in [0, 0.05) is 38.6 Å². The fourth-order valence-electron chi connectivity index (χ4n) is 4.99. The summed E-state index contributed by atoms with van der Waals surface area (Å²) in [4.78, 5) is 17.1. The highest BCUT2D eigenvalue weighted by atomic mass is 16.6. The molecule has 9 nitrogen and oxygen atoms in total. The number of hydrogen-bond donors (Lipinski definition) is 0. The first-order valence-electron chi connectivity index (χ1n) is 13.6. The topological polar surface area (TPSA) is 81.3 Å². The Labute approximate surface area is 230 Å². The van der Waals surface area contributed by atoms with Crippen LogP contribution in [0.15, 0.2) is 79.4 Å². The molecule has 1 amide bonds. The van der Waals surface area contributed by atoms with Gasteiger partial charge in [-0.25, -0.2) is 4.79 Å². The molecular weight excluding hydrogens is 490 g/mol. The third-order valence-electron chi connectivity index (χ3n) is 6.83. The molecule has 1 fully saturated rings. The van der Waals surface area contributed by atoms with Crippen LogP contribution in [0, 0.1) is 0 Å². The Morgan fingerprint density at radius 2 is 1.69 bits per heavy atom. The number of carbonyl (C=O) groups is 1. The molecule has 0 radical (unpaired) electrons. The van der Waals surface area contributed by atoms with Gasteiger partial charge in [-0.3, -0.25) is 9.58 Å². The first-order valence-corrected chi connectivity index (χ1v) is 13.6. The van der Waals surface area contributed by atoms with Gasteiger partial charge in [-0.05, 0) is 49.9 Å². The number of carbonyl (C=O) groups excluding carboxylic acids is 1. The van der Waals surface area contributed by atoms with E-state index in [1.165, 1.54) is 11.1 Å². The standard InChI is InChI=1S/C30H37N7O2/c1-30(2,3)39-29(38)35-17-8-16-34(19-20-35)27(26-13-11-25(12-14-26)22-37-18-7-15-32-37)28-33-31-23-36(28)21-24-9-5-4-6-10-24/h4-7,9-15,18,23,27H,8,16-17,19-22H2,1-3H3. The first kappa shape index (κ1) is 26.6. The molecule has 1 saturated heterocycles. The van der Waals surface area contributed by atoms with Crippen molar-refractivity contribution in [3.05, 3.63) is 102 Å². The highest BCUT2D eigenvalue weighted by molar-refractivity contribution is 5.68. The van der Waals surface area contributed by atoms with Gasteiger partial charge in [-0.15, -0.1) is 10.2 Å². The van der Waals surface area contributed by atoms with Crippen LogP contribution in [-0.2, 0) is 17.8 Å². The van der Waals surface area contributed by atoms with E-state index in [-0.39, 0.29) is 12.1 Å². The predicted molar refractivity (Wildman–Crippen MR) is 149 cm³/mol. The van der Waals surface area contributed by atoms with E-state index in [9.17, 15) is 4.79 Å². The third-order valence-corrected chi connectivity index (χ3v) is 6.83. The van der Waals surface area contributed by atoms with Crippen LogP contribution in [-0.4, -0.2) is 72.2 Å². The van der Waals surface area contributed by atoms with Crippen LogP contribution in [0.25, 0.3) is 0 Å². The molecule has 0 saturated carbocycles. The second-order valence-electron chi connectivity index (χ2n) is 11.0. The Kier molecular flexibility index (Phi) is 8.07. The molecule has 39 heavy (non-hydrogen) atoms. The highest BCUT2D eigenvalue weighted by Gasteiger charge is 2.31. The second-order valence-corrected chi connectivity index (χ2v) is 11.0. The first-order chi connectivity index (χ1) is 18.9. The van der Waals surface area contributed by atoms with Crippen molar-refractivity contribution in [1.82, 2.24) is 34.3 Å². The normalized spacial score (nSPS) is 15.6. The smallest absolute Gasteiger partial charge is 0.410 e. The third kappa shape index (κ3) is 6.92. The summed E-state index contributed by atoms with van der Waals surface area (Å²) in [7, 11) is 0. The van der Waals surface area contributed by atoms with Crippen molar-refractivity contribution < 1.29 is 9.53 Å². The molecule has 0 spiro atoms. The maximum absolute atomic E-state index is 12.8. The molecule has 1 unspecified atom stereocenters. The number of benzene rings is 2. The highest BCUT2D eigenvalue weighted by Crippen LogP contribution is 2.29. The van der Waals surface area contributed by atoms with E-state index in [0.29, 0.717) is 26.2 Å². The van der Waals surface area contributed by atoms with E-state index >= 15 is 0 Å². The zero-order chi connectivity index (χ0) is 27.2. The molecule has 4 aromatic rings. The van der Waals surface area contributed by atoms with E-state index in [1.54, 1.807) is 6.20 Å². The quantitative estimate of drug-likeness (QED) is 0.349. The summed E-state index contributed by atoms with van der Waals surface area (Å²) in [5, 5.41) is 13.3. The number of amides is 1. The molecule has 9 heteroatoms. The van der Waals surface area contributed by atoms with Gasteiger partial charge < -0.3 is 14.2 Å². The number of rotatable bonds is 7. The van der Waals surface area contributed by atoms with Crippen LogP contribution in [0.2, 0.25) is 0 Å². The van der Waals surface area contributed by atoms with Crippen molar-refractivity contribution in [2.45, 2.75) is 51.9 Å². The number of aromatic nitrogens is 5. The lowest BCUT2D eigenvalue weighted by atomic mass is 10.0. The van der Waals surface area contributed by atoms with Crippen LogP contribution in [0.5, 0.6) is 0 Å². The molecule has 0 N–H and O–H groups in total. The molecular formula is C30H37N7O2. The van der Waals surface area contributed by atoms with Crippen molar-refractivity contribution in [2.24, 2.45) is 0 Å². The minimum absolute atomic E-state index is 0.103. The van der Waals surface area contributed by atoms with E-state index in [0.717, 1.165) is 30.9 Å². The number of hydrogen-bond acceptors (Lipinski definition) is 6. The Hall–Kier alpha value is -3.98. The van der Waals surface area contributed by atoms with E-state index in [4.69, 9.17) is 4.74 Å². The lowest BCUT2D eigenvalue weighted by Gasteiger charge is -2.31. The van der Waals surface area contributed by atoms with Gasteiger partial charge in [-0.1, -0.05) is 54.6 Å². The summed E-state index contributed by atoms with van der Waals surface area (Å²) in [6.07, 6.45) is 6.17. The Morgan fingerprint density at radius 3 is 2.41 bits per heavy atom. The summed E-state index contributed by atoms with van der Waals surface area (Å²) < 4.78 is 9.71. The summed E-state index contributed by atoms with van der Waals surface area (Å²) in [6, 6.07) is 20.9. The number of nitrogens with zero attached hydrogens (tertiary/aromatic N) is 7. The van der Waals surface area contributed by atoms with Gasteiger partial charge in [0.25, 0.3) is 0 Å². The lowest BCUT2D eigenvalue weighted by molar-refractivity contribution is 0.0256. The summed E-state index contributed by atoms with van der Waals surface area (Å²) >= 11 is 0. The van der Waals surface area contributed by atoms with Crippen molar-refractivity contribution in [2.75, 3.05) is 26.2 Å². The molecule has 5 rings (SSSR count). The van der Waals surface area contributed by atoms with Crippen LogP contribution in [0.4, 0.5) is 4.79 Å². The van der Waals surface area contributed by atoms with Gasteiger partial charge >= 0.3 is 6.09 Å². The fourth-order valence-corrected chi connectivity index (χ4v) is 4.99. The minimum atomic E-state index is -0.516. The van der Waals surface area contributed by atoms with Crippen molar-refractivity contribution in [3.8, 4) is 0 Å². The molecule has 2 aromatic heterocycles. The number of ether oxygens (including phenoxy) is 1. The zero-order valence-electron chi connectivity index (χ0n) is 23.0. The van der Waals surface area contributed by atoms with Gasteiger partial charge in [0.1, 0.15) is 11.9 Å². The van der Waals surface area contributed by atoms with Crippen molar-refractivity contribution >= 4 is 6.09 Å². The van der Waals surface area contributed by atoms with Crippen LogP contribution in [0.1, 0.15) is 55.7 Å². The zero-order valence-corrected chi connectivity index (χ0v) is 23.0. The Morgan fingerprint density at radius 1 is 0.923 bits per heavy atom. The monoisotopic (exact) mass is 527 g/mol. The maximum Gasteiger partial charge on any atom is 0.410 e. The lowest BCUT2D eigenvalue weighted by Crippen LogP contribution is -2.40. The average molecular weight is 528 g/mol. The van der Waals surface area contributed by atoms with Crippen molar-refractivity contribution in [3.63, 3.8) is 0 Å². The van der Waals surface area contributed by atoms with Crippen molar-refractivity contribution in [1.29, 1.82) is 0 Å².